The fraction of sp³-hybridized carbons (Fsp3) is 0.615. The van der Waals surface area contributed by atoms with Crippen LogP contribution in [0.15, 0.2) is 12.7 Å². The second kappa shape index (κ2) is 7.37. The van der Waals surface area contributed by atoms with E-state index in [4.69, 9.17) is 4.74 Å². The molecular weight excluding hydrogens is 238 g/mol. The van der Waals surface area contributed by atoms with Crippen LogP contribution in [0.5, 0.6) is 0 Å². The lowest BCUT2D eigenvalue weighted by molar-refractivity contribution is -0.157. The van der Waals surface area contributed by atoms with E-state index in [0.717, 1.165) is 25.9 Å². The molecule has 4 heteroatoms. The zero-order chi connectivity index (χ0) is 12.0. The summed E-state index contributed by atoms with van der Waals surface area (Å²) in [7, 11) is 2.06. The molecule has 1 rings (SSSR count). The van der Waals surface area contributed by atoms with Crippen LogP contribution in [0.2, 0.25) is 0 Å². The number of nitrogens with zero attached hydrogens (tertiary/aromatic N) is 1. The summed E-state index contributed by atoms with van der Waals surface area (Å²) < 4.78 is 5.49. The van der Waals surface area contributed by atoms with Crippen molar-refractivity contribution >= 4 is 18.4 Å². The van der Waals surface area contributed by atoms with Crippen LogP contribution in [-0.2, 0) is 9.53 Å². The standard InChI is InChI=1S/C13H19NO2.ClH/c1-4-6-7-13(16-12(15)5-2)8-10-14(3)11-9-13;/h4H,1,5,8-11H2,2-3H3;1H. The second-order valence-electron chi connectivity index (χ2n) is 4.10. The Balaban J connectivity index is 0.00000256. The maximum absolute atomic E-state index is 11.4. The molecule has 1 aliphatic rings. The number of halogens is 1. The molecule has 17 heavy (non-hydrogen) atoms. The monoisotopic (exact) mass is 257 g/mol. The molecule has 1 heterocycles. The van der Waals surface area contributed by atoms with Crippen molar-refractivity contribution < 1.29 is 9.53 Å². The van der Waals surface area contributed by atoms with Crippen LogP contribution in [-0.4, -0.2) is 36.6 Å². The summed E-state index contributed by atoms with van der Waals surface area (Å²) in [6, 6.07) is 0. The summed E-state index contributed by atoms with van der Waals surface area (Å²) in [5, 5.41) is 0. The summed E-state index contributed by atoms with van der Waals surface area (Å²) >= 11 is 0. The summed E-state index contributed by atoms with van der Waals surface area (Å²) in [6.07, 6.45) is 3.49. The molecule has 0 atom stereocenters. The van der Waals surface area contributed by atoms with Crippen molar-refractivity contribution in [2.24, 2.45) is 0 Å². The lowest BCUT2D eigenvalue weighted by atomic mass is 9.92. The van der Waals surface area contributed by atoms with E-state index in [0.29, 0.717) is 6.42 Å². The summed E-state index contributed by atoms with van der Waals surface area (Å²) in [5.41, 5.74) is -0.589. The van der Waals surface area contributed by atoms with Crippen molar-refractivity contribution in [3.63, 3.8) is 0 Å². The molecule has 0 aromatic carbocycles. The number of hydrogen-bond acceptors (Lipinski definition) is 3. The zero-order valence-corrected chi connectivity index (χ0v) is 11.3. The molecule has 0 radical (unpaired) electrons. The number of carbonyl (C=O) groups is 1. The Morgan fingerprint density at radius 3 is 2.59 bits per heavy atom. The first-order valence-corrected chi connectivity index (χ1v) is 5.66. The highest BCUT2D eigenvalue weighted by Gasteiger charge is 2.35. The first-order chi connectivity index (χ1) is 7.62. The third-order valence-electron chi connectivity index (χ3n) is 2.79. The average Bonchev–Trinajstić information content (AvgIpc) is 2.30. The fourth-order valence-corrected chi connectivity index (χ4v) is 1.70. The molecular formula is C13H20ClNO2. The lowest BCUT2D eigenvalue weighted by Gasteiger charge is -2.36. The van der Waals surface area contributed by atoms with Crippen molar-refractivity contribution in [2.45, 2.75) is 31.8 Å². The van der Waals surface area contributed by atoms with E-state index in [1.165, 1.54) is 0 Å². The van der Waals surface area contributed by atoms with Gasteiger partial charge in [0.2, 0.25) is 0 Å². The highest BCUT2D eigenvalue weighted by Crippen LogP contribution is 2.25. The van der Waals surface area contributed by atoms with Crippen LogP contribution in [0.1, 0.15) is 26.2 Å². The van der Waals surface area contributed by atoms with E-state index < -0.39 is 5.60 Å². The molecule has 3 nitrogen and oxygen atoms in total. The SMILES string of the molecule is C=CC#CC1(OC(=O)CC)CCN(C)CC1.Cl. The molecule has 0 amide bonds. The first-order valence-electron chi connectivity index (χ1n) is 5.66. The Morgan fingerprint density at radius 2 is 2.12 bits per heavy atom. The van der Waals surface area contributed by atoms with Gasteiger partial charge in [-0.25, -0.2) is 0 Å². The summed E-state index contributed by atoms with van der Waals surface area (Å²) in [4.78, 5) is 13.6. The van der Waals surface area contributed by atoms with Crippen LogP contribution < -0.4 is 0 Å². The number of rotatable bonds is 2. The minimum absolute atomic E-state index is 0. The van der Waals surface area contributed by atoms with E-state index >= 15 is 0 Å². The van der Waals surface area contributed by atoms with Crippen molar-refractivity contribution in [3.05, 3.63) is 12.7 Å². The number of carbonyl (C=O) groups excluding carboxylic acids is 1. The van der Waals surface area contributed by atoms with E-state index in [2.05, 4.69) is 30.4 Å². The summed E-state index contributed by atoms with van der Waals surface area (Å²) in [5.74, 6) is 5.68. The van der Waals surface area contributed by atoms with Gasteiger partial charge in [-0.3, -0.25) is 4.79 Å². The van der Waals surface area contributed by atoms with Gasteiger partial charge in [0.25, 0.3) is 0 Å². The molecule has 0 bridgehead atoms. The number of piperidine rings is 1. The Bertz CT molecular complexity index is 322. The molecule has 96 valence electrons. The largest absolute Gasteiger partial charge is 0.446 e. The molecule has 0 aliphatic carbocycles. The van der Waals surface area contributed by atoms with E-state index in [9.17, 15) is 4.79 Å². The smallest absolute Gasteiger partial charge is 0.307 e. The average molecular weight is 258 g/mol. The predicted octanol–water partition coefficient (Wildman–Crippen LogP) is 2.02. The maximum Gasteiger partial charge on any atom is 0.307 e. The molecule has 0 unspecified atom stereocenters. The number of hydrogen-bond donors (Lipinski definition) is 0. The molecule has 1 aliphatic heterocycles. The van der Waals surface area contributed by atoms with Gasteiger partial charge >= 0.3 is 5.97 Å². The van der Waals surface area contributed by atoms with Crippen LogP contribution in [0, 0.1) is 11.8 Å². The summed E-state index contributed by atoms with van der Waals surface area (Å²) in [6.45, 7) is 7.17. The van der Waals surface area contributed by atoms with Gasteiger partial charge in [-0.05, 0) is 13.1 Å². The van der Waals surface area contributed by atoms with Gasteiger partial charge in [-0.15, -0.1) is 12.4 Å². The molecule has 0 saturated carbocycles. The van der Waals surface area contributed by atoms with Gasteiger partial charge < -0.3 is 9.64 Å². The number of ether oxygens (including phenoxy) is 1. The molecule has 0 aromatic heterocycles. The van der Waals surface area contributed by atoms with Crippen molar-refractivity contribution in [2.75, 3.05) is 20.1 Å². The number of likely N-dealkylation sites (tertiary alicyclic amines) is 1. The number of esters is 1. The highest BCUT2D eigenvalue weighted by molar-refractivity contribution is 5.85. The third-order valence-corrected chi connectivity index (χ3v) is 2.79. The van der Waals surface area contributed by atoms with Crippen LogP contribution in [0.25, 0.3) is 0 Å². The molecule has 0 spiro atoms. The molecule has 0 N–H and O–H groups in total. The molecule has 1 fully saturated rings. The first kappa shape index (κ1) is 16.0. The topological polar surface area (TPSA) is 29.5 Å². The lowest BCUT2D eigenvalue weighted by Crippen LogP contribution is -2.44. The number of allylic oxidation sites excluding steroid dienone is 1. The quantitative estimate of drug-likeness (QED) is 0.560. The maximum atomic E-state index is 11.4. The van der Waals surface area contributed by atoms with Crippen molar-refractivity contribution in [1.29, 1.82) is 0 Å². The van der Waals surface area contributed by atoms with Crippen LogP contribution in [0.3, 0.4) is 0 Å². The van der Waals surface area contributed by atoms with E-state index in [1.807, 2.05) is 0 Å². The van der Waals surface area contributed by atoms with Gasteiger partial charge in [-0.2, -0.15) is 0 Å². The van der Waals surface area contributed by atoms with Crippen molar-refractivity contribution in [3.8, 4) is 11.8 Å². The third kappa shape index (κ3) is 4.80. The highest BCUT2D eigenvalue weighted by atomic mass is 35.5. The van der Waals surface area contributed by atoms with Crippen molar-refractivity contribution in [1.82, 2.24) is 4.90 Å². The molecule has 1 saturated heterocycles. The van der Waals surface area contributed by atoms with Crippen LogP contribution >= 0.6 is 12.4 Å². The predicted molar refractivity (Wildman–Crippen MR) is 71.1 cm³/mol. The van der Waals surface area contributed by atoms with E-state index in [1.54, 1.807) is 13.0 Å². The fourth-order valence-electron chi connectivity index (χ4n) is 1.70. The Labute approximate surface area is 110 Å². The van der Waals surface area contributed by atoms with Crippen LogP contribution in [0.4, 0.5) is 0 Å². The van der Waals surface area contributed by atoms with Gasteiger partial charge in [0.15, 0.2) is 5.60 Å². The normalized spacial score (nSPS) is 18.2. The van der Waals surface area contributed by atoms with Gasteiger partial charge in [0, 0.05) is 32.4 Å². The minimum Gasteiger partial charge on any atom is -0.446 e. The Hall–Kier alpha value is -0.980. The second-order valence-corrected chi connectivity index (χ2v) is 4.10. The molecule has 0 aromatic rings. The van der Waals surface area contributed by atoms with Gasteiger partial charge in [0.05, 0.1) is 0 Å². The van der Waals surface area contributed by atoms with E-state index in [-0.39, 0.29) is 18.4 Å². The van der Waals surface area contributed by atoms with Gasteiger partial charge in [-0.1, -0.05) is 25.3 Å². The minimum atomic E-state index is -0.589. The zero-order valence-electron chi connectivity index (χ0n) is 10.5. The Kier molecular flexibility index (Phi) is 6.94. The van der Waals surface area contributed by atoms with Gasteiger partial charge in [0.1, 0.15) is 0 Å². The Morgan fingerprint density at radius 1 is 1.53 bits per heavy atom.